The van der Waals surface area contributed by atoms with E-state index >= 15 is 0 Å². The molecule has 0 aromatic carbocycles. The lowest BCUT2D eigenvalue weighted by Gasteiger charge is -2.23. The van der Waals surface area contributed by atoms with E-state index < -0.39 is 0 Å². The zero-order valence-electron chi connectivity index (χ0n) is 11.4. The van der Waals surface area contributed by atoms with E-state index in [2.05, 4.69) is 20.3 Å². The zero-order valence-corrected chi connectivity index (χ0v) is 11.4. The fourth-order valence-electron chi connectivity index (χ4n) is 3.08. The van der Waals surface area contributed by atoms with Crippen molar-refractivity contribution in [2.24, 2.45) is 5.92 Å². The molecule has 2 aliphatic carbocycles. The molecule has 4 heteroatoms. The molecule has 3 rings (SSSR count). The summed E-state index contributed by atoms with van der Waals surface area (Å²) in [4.78, 5) is 0. The molecular weight excluding hydrogens is 224 g/mol. The predicted molar refractivity (Wildman–Crippen MR) is 71.3 cm³/mol. The molecule has 0 unspecified atom stereocenters. The van der Waals surface area contributed by atoms with Crippen molar-refractivity contribution < 1.29 is 0 Å². The highest BCUT2D eigenvalue weighted by Gasteiger charge is 2.28. The Morgan fingerprint density at radius 3 is 2.61 bits per heavy atom. The van der Waals surface area contributed by atoms with Crippen LogP contribution in [-0.4, -0.2) is 22.0 Å². The third-order valence-corrected chi connectivity index (χ3v) is 4.32. The summed E-state index contributed by atoms with van der Waals surface area (Å²) in [7, 11) is 1.99. The number of rotatable bonds is 5. The molecule has 0 saturated heterocycles. The summed E-state index contributed by atoms with van der Waals surface area (Å²) in [5.41, 5.74) is 2.59. The lowest BCUT2D eigenvalue weighted by molar-refractivity contribution is 0.316. The molecule has 1 aromatic rings. The highest BCUT2D eigenvalue weighted by Crippen LogP contribution is 2.35. The van der Waals surface area contributed by atoms with Crippen molar-refractivity contribution >= 4 is 0 Å². The van der Waals surface area contributed by atoms with Crippen molar-refractivity contribution in [1.82, 2.24) is 20.3 Å². The lowest BCUT2D eigenvalue weighted by atomic mass is 9.95. The predicted octanol–water partition coefficient (Wildman–Crippen LogP) is 2.46. The van der Waals surface area contributed by atoms with Gasteiger partial charge >= 0.3 is 0 Å². The van der Waals surface area contributed by atoms with Crippen LogP contribution in [0.1, 0.15) is 62.4 Å². The van der Waals surface area contributed by atoms with Crippen molar-refractivity contribution in [3.8, 4) is 0 Å². The van der Waals surface area contributed by atoms with Gasteiger partial charge in [-0.1, -0.05) is 24.5 Å². The van der Waals surface area contributed by atoms with Crippen LogP contribution in [0.5, 0.6) is 0 Å². The van der Waals surface area contributed by atoms with Crippen molar-refractivity contribution in [1.29, 1.82) is 0 Å². The molecule has 100 valence electrons. The van der Waals surface area contributed by atoms with E-state index in [4.69, 9.17) is 0 Å². The average Bonchev–Trinajstić information content (AvgIpc) is 3.14. The van der Waals surface area contributed by atoms with Crippen LogP contribution in [-0.2, 0) is 13.0 Å². The number of nitrogens with zero attached hydrogens (tertiary/aromatic N) is 3. The number of hydrogen-bond acceptors (Lipinski definition) is 3. The van der Waals surface area contributed by atoms with Gasteiger partial charge in [-0.2, -0.15) is 0 Å². The van der Waals surface area contributed by atoms with Gasteiger partial charge in [-0.15, -0.1) is 5.10 Å². The lowest BCUT2D eigenvalue weighted by Crippen LogP contribution is -2.18. The maximum atomic E-state index is 4.47. The first-order valence-electron chi connectivity index (χ1n) is 7.46. The molecule has 1 heterocycles. The van der Waals surface area contributed by atoms with E-state index in [-0.39, 0.29) is 0 Å². The number of aromatic nitrogens is 3. The van der Waals surface area contributed by atoms with Gasteiger partial charge < -0.3 is 5.32 Å². The Morgan fingerprint density at radius 2 is 1.94 bits per heavy atom. The SMILES string of the molecule is CNCc1nnn(C2CCCCC2)c1CC1CC1. The fraction of sp³-hybridized carbons (Fsp3) is 0.857. The fourth-order valence-corrected chi connectivity index (χ4v) is 3.08. The molecule has 2 saturated carbocycles. The van der Waals surface area contributed by atoms with E-state index in [0.29, 0.717) is 6.04 Å². The topological polar surface area (TPSA) is 42.7 Å². The summed E-state index contributed by atoms with van der Waals surface area (Å²) in [5.74, 6) is 0.904. The van der Waals surface area contributed by atoms with Gasteiger partial charge in [0.2, 0.25) is 0 Å². The summed E-state index contributed by atoms with van der Waals surface area (Å²) < 4.78 is 2.27. The zero-order chi connectivity index (χ0) is 12.4. The van der Waals surface area contributed by atoms with Crippen LogP contribution in [0, 0.1) is 5.92 Å². The quantitative estimate of drug-likeness (QED) is 0.870. The van der Waals surface area contributed by atoms with Crippen molar-refractivity contribution in [3.05, 3.63) is 11.4 Å². The summed E-state index contributed by atoms with van der Waals surface area (Å²) in [6.07, 6.45) is 10.7. The van der Waals surface area contributed by atoms with Gasteiger partial charge in [-0.25, -0.2) is 4.68 Å². The molecule has 1 aromatic heterocycles. The first-order valence-corrected chi connectivity index (χ1v) is 7.46. The number of nitrogens with one attached hydrogen (secondary N) is 1. The molecule has 2 aliphatic rings. The van der Waals surface area contributed by atoms with Crippen LogP contribution in [0.15, 0.2) is 0 Å². The van der Waals surface area contributed by atoms with E-state index in [0.717, 1.165) is 12.5 Å². The van der Waals surface area contributed by atoms with E-state index in [1.54, 1.807) is 0 Å². The minimum absolute atomic E-state index is 0.616. The molecule has 0 radical (unpaired) electrons. The van der Waals surface area contributed by atoms with Crippen LogP contribution in [0.25, 0.3) is 0 Å². The van der Waals surface area contributed by atoms with E-state index in [1.165, 1.54) is 62.8 Å². The van der Waals surface area contributed by atoms with Gasteiger partial charge in [0.25, 0.3) is 0 Å². The Labute approximate surface area is 109 Å². The van der Waals surface area contributed by atoms with Crippen LogP contribution in [0.3, 0.4) is 0 Å². The monoisotopic (exact) mass is 248 g/mol. The Hall–Kier alpha value is -0.900. The van der Waals surface area contributed by atoms with Crippen LogP contribution < -0.4 is 5.32 Å². The van der Waals surface area contributed by atoms with Crippen LogP contribution in [0.2, 0.25) is 0 Å². The molecule has 1 N–H and O–H groups in total. The normalized spacial score (nSPS) is 21.4. The molecule has 0 bridgehead atoms. The summed E-state index contributed by atoms with van der Waals surface area (Å²) in [6.45, 7) is 0.856. The highest BCUT2D eigenvalue weighted by atomic mass is 15.4. The van der Waals surface area contributed by atoms with Crippen LogP contribution >= 0.6 is 0 Å². The molecule has 2 fully saturated rings. The van der Waals surface area contributed by atoms with Gasteiger partial charge in [0.15, 0.2) is 0 Å². The van der Waals surface area contributed by atoms with Gasteiger partial charge in [0.05, 0.1) is 17.4 Å². The molecule has 4 nitrogen and oxygen atoms in total. The van der Waals surface area contributed by atoms with Gasteiger partial charge in [0, 0.05) is 6.54 Å². The smallest absolute Gasteiger partial charge is 0.0996 e. The van der Waals surface area contributed by atoms with E-state index in [9.17, 15) is 0 Å². The van der Waals surface area contributed by atoms with Gasteiger partial charge in [-0.3, -0.25) is 0 Å². The minimum Gasteiger partial charge on any atom is -0.314 e. The molecule has 0 amide bonds. The number of hydrogen-bond donors (Lipinski definition) is 1. The Balaban J connectivity index is 1.81. The third-order valence-electron chi connectivity index (χ3n) is 4.32. The molecular formula is C14H24N4. The van der Waals surface area contributed by atoms with E-state index in [1.807, 2.05) is 7.05 Å². The first kappa shape index (κ1) is 12.2. The molecule has 0 atom stereocenters. The van der Waals surface area contributed by atoms with Gasteiger partial charge in [-0.05, 0) is 45.1 Å². The second-order valence-corrected chi connectivity index (χ2v) is 5.90. The van der Waals surface area contributed by atoms with Crippen molar-refractivity contribution in [2.75, 3.05) is 7.05 Å². The Bertz CT molecular complexity index is 388. The Morgan fingerprint density at radius 1 is 1.17 bits per heavy atom. The molecule has 0 aliphatic heterocycles. The maximum Gasteiger partial charge on any atom is 0.0996 e. The standard InChI is InChI=1S/C14H24N4/c1-15-10-13-14(9-11-7-8-11)18(17-16-13)12-5-3-2-4-6-12/h11-12,15H,2-10H2,1H3. The third kappa shape index (κ3) is 2.58. The minimum atomic E-state index is 0.616. The second kappa shape index (κ2) is 5.39. The summed E-state index contributed by atoms with van der Waals surface area (Å²) in [6, 6.07) is 0.616. The Kier molecular flexibility index (Phi) is 3.64. The largest absolute Gasteiger partial charge is 0.314 e. The van der Waals surface area contributed by atoms with Crippen LogP contribution in [0.4, 0.5) is 0 Å². The molecule has 0 spiro atoms. The summed E-state index contributed by atoms with van der Waals surface area (Å²) >= 11 is 0. The van der Waals surface area contributed by atoms with Crippen molar-refractivity contribution in [3.63, 3.8) is 0 Å². The maximum absolute atomic E-state index is 4.47. The van der Waals surface area contributed by atoms with Gasteiger partial charge in [0.1, 0.15) is 0 Å². The highest BCUT2D eigenvalue weighted by molar-refractivity contribution is 5.13. The second-order valence-electron chi connectivity index (χ2n) is 5.90. The van der Waals surface area contributed by atoms with Crippen molar-refractivity contribution in [2.45, 2.75) is 64.0 Å². The average molecular weight is 248 g/mol. The summed E-state index contributed by atoms with van der Waals surface area (Å²) in [5, 5.41) is 12.1. The first-order chi connectivity index (χ1) is 8.88. The molecule has 18 heavy (non-hydrogen) atoms.